The van der Waals surface area contributed by atoms with Crippen molar-refractivity contribution in [1.29, 1.82) is 0 Å². The van der Waals surface area contributed by atoms with Crippen LogP contribution in [-0.2, 0) is 9.47 Å². The number of methoxy groups -OCH3 is 2. The smallest absolute Gasteiger partial charge is 0.225 e. The Kier molecular flexibility index (Phi) is 6.89. The van der Waals surface area contributed by atoms with Gasteiger partial charge >= 0.3 is 0 Å². The van der Waals surface area contributed by atoms with Gasteiger partial charge in [-0.05, 0) is 36.2 Å². The third kappa shape index (κ3) is 4.52. The van der Waals surface area contributed by atoms with Crippen LogP contribution in [0.15, 0.2) is 24.3 Å². The predicted octanol–water partition coefficient (Wildman–Crippen LogP) is 5.07. The number of aryl methyl sites for hydroxylation is 1. The molecule has 0 aliphatic heterocycles. The Hall–Kier alpha value is -1.44. The normalized spacial score (nSPS) is 11.3. The van der Waals surface area contributed by atoms with Crippen LogP contribution in [0.2, 0.25) is 10.3 Å². The summed E-state index contributed by atoms with van der Waals surface area (Å²) in [5.74, 6) is 0.799. The zero-order valence-corrected chi connectivity index (χ0v) is 17.8. The fraction of sp³-hybridized carbons (Fsp3) is 0.368. The van der Waals surface area contributed by atoms with E-state index in [9.17, 15) is 0 Å². The first-order valence-electron chi connectivity index (χ1n) is 8.50. The van der Waals surface area contributed by atoms with Crippen molar-refractivity contribution in [2.75, 3.05) is 45.4 Å². The highest BCUT2D eigenvalue weighted by Gasteiger charge is 2.21. The summed E-state index contributed by atoms with van der Waals surface area (Å²) in [7, 11) is 3.37. The Morgan fingerprint density at radius 3 is 2.22 bits per heavy atom. The lowest BCUT2D eigenvalue weighted by molar-refractivity contribution is 0.190. The van der Waals surface area contributed by atoms with Crippen LogP contribution in [0.4, 0.5) is 5.82 Å². The number of anilines is 1. The number of fused-ring (bicyclic) bond motifs is 1. The molecule has 3 rings (SSSR count). The molecule has 0 radical (unpaired) electrons. The Morgan fingerprint density at radius 1 is 1.00 bits per heavy atom. The Bertz CT molecular complexity index is 907. The van der Waals surface area contributed by atoms with Crippen LogP contribution in [0.3, 0.4) is 0 Å². The minimum atomic E-state index is 0.237. The molecule has 0 amide bonds. The molecule has 0 saturated carbocycles. The first-order valence-corrected chi connectivity index (χ1v) is 10.1. The Labute approximate surface area is 172 Å². The van der Waals surface area contributed by atoms with Crippen LogP contribution in [0, 0.1) is 6.92 Å². The standard InChI is InChI=1S/C19H21Cl2N3O2S/c1-12-15(13-4-6-14(20)7-5-13)16-17(22-19(21)23-18(16)27-12)24(8-10-25-2)9-11-26-3/h4-7H,8-11H2,1-3H3. The molecule has 0 unspecified atom stereocenters. The molecule has 0 saturated heterocycles. The van der Waals surface area contributed by atoms with Crippen LogP contribution in [0.25, 0.3) is 21.3 Å². The Morgan fingerprint density at radius 2 is 1.63 bits per heavy atom. The molecule has 0 fully saturated rings. The van der Waals surface area contributed by atoms with Crippen molar-refractivity contribution in [3.05, 3.63) is 39.4 Å². The molecule has 3 aromatic rings. The average Bonchev–Trinajstić information content (AvgIpc) is 2.97. The third-order valence-corrected chi connectivity index (χ3v) is 5.66. The number of halogens is 2. The summed E-state index contributed by atoms with van der Waals surface area (Å²) in [5.41, 5.74) is 2.19. The van der Waals surface area contributed by atoms with E-state index in [0.717, 1.165) is 32.0 Å². The lowest BCUT2D eigenvalue weighted by Gasteiger charge is -2.24. The van der Waals surface area contributed by atoms with E-state index >= 15 is 0 Å². The highest BCUT2D eigenvalue weighted by molar-refractivity contribution is 7.19. The van der Waals surface area contributed by atoms with E-state index in [1.807, 2.05) is 24.3 Å². The van der Waals surface area contributed by atoms with Crippen molar-refractivity contribution in [2.45, 2.75) is 6.92 Å². The van der Waals surface area contributed by atoms with Gasteiger partial charge in [-0.25, -0.2) is 4.98 Å². The maximum absolute atomic E-state index is 6.24. The van der Waals surface area contributed by atoms with Gasteiger partial charge in [0, 0.05) is 42.8 Å². The van der Waals surface area contributed by atoms with Crippen molar-refractivity contribution in [3.63, 3.8) is 0 Å². The fourth-order valence-corrected chi connectivity index (χ4v) is 4.37. The van der Waals surface area contributed by atoms with Crippen molar-refractivity contribution in [3.8, 4) is 11.1 Å². The molecule has 0 spiro atoms. The molecule has 1 aromatic carbocycles. The van der Waals surface area contributed by atoms with Crippen LogP contribution in [0.5, 0.6) is 0 Å². The van der Waals surface area contributed by atoms with Gasteiger partial charge in [-0.3, -0.25) is 0 Å². The number of aromatic nitrogens is 2. The number of nitrogens with zero attached hydrogens (tertiary/aromatic N) is 3. The average molecular weight is 426 g/mol. The van der Waals surface area contributed by atoms with Crippen molar-refractivity contribution in [1.82, 2.24) is 9.97 Å². The van der Waals surface area contributed by atoms with E-state index < -0.39 is 0 Å². The molecule has 144 valence electrons. The molecule has 2 aromatic heterocycles. The highest BCUT2D eigenvalue weighted by atomic mass is 35.5. The molecule has 5 nitrogen and oxygen atoms in total. The summed E-state index contributed by atoms with van der Waals surface area (Å²) < 4.78 is 10.6. The van der Waals surface area contributed by atoms with E-state index in [4.69, 9.17) is 32.7 Å². The van der Waals surface area contributed by atoms with Crippen molar-refractivity contribution in [2.24, 2.45) is 0 Å². The molecule has 2 heterocycles. The molecule has 0 bridgehead atoms. The van der Waals surface area contributed by atoms with E-state index in [0.29, 0.717) is 31.3 Å². The second-order valence-corrected chi connectivity index (χ2v) is 7.99. The number of hydrogen-bond acceptors (Lipinski definition) is 6. The first-order chi connectivity index (χ1) is 13.0. The van der Waals surface area contributed by atoms with E-state index in [-0.39, 0.29) is 5.28 Å². The molecule has 0 atom stereocenters. The largest absolute Gasteiger partial charge is 0.383 e. The molecule has 8 heteroatoms. The summed E-state index contributed by atoms with van der Waals surface area (Å²) in [6.45, 7) is 4.59. The number of benzene rings is 1. The van der Waals surface area contributed by atoms with E-state index in [2.05, 4.69) is 21.8 Å². The number of rotatable bonds is 8. The van der Waals surface area contributed by atoms with Crippen LogP contribution in [-0.4, -0.2) is 50.5 Å². The van der Waals surface area contributed by atoms with Gasteiger partial charge in [0.25, 0.3) is 0 Å². The Balaban J connectivity index is 2.19. The number of thiophene rings is 1. The summed E-state index contributed by atoms with van der Waals surface area (Å²) in [6.07, 6.45) is 0. The molecule has 0 N–H and O–H groups in total. The van der Waals surface area contributed by atoms with Gasteiger partial charge in [0.2, 0.25) is 5.28 Å². The summed E-state index contributed by atoms with van der Waals surface area (Å²) in [6, 6.07) is 7.82. The van der Waals surface area contributed by atoms with Gasteiger partial charge in [-0.15, -0.1) is 11.3 Å². The molecule has 0 aliphatic rings. The van der Waals surface area contributed by atoms with Crippen LogP contribution >= 0.6 is 34.5 Å². The van der Waals surface area contributed by atoms with Gasteiger partial charge in [0.15, 0.2) is 0 Å². The SMILES string of the molecule is COCCN(CCOC)c1nc(Cl)nc2sc(C)c(-c3ccc(Cl)cc3)c12. The van der Waals surface area contributed by atoms with Gasteiger partial charge < -0.3 is 14.4 Å². The third-order valence-electron chi connectivity index (χ3n) is 4.24. The number of ether oxygens (including phenoxy) is 2. The lowest BCUT2D eigenvalue weighted by Crippen LogP contribution is -2.31. The second-order valence-electron chi connectivity index (χ2n) is 6.01. The van der Waals surface area contributed by atoms with Crippen LogP contribution in [0.1, 0.15) is 4.88 Å². The van der Waals surface area contributed by atoms with Gasteiger partial charge in [-0.2, -0.15) is 4.98 Å². The van der Waals surface area contributed by atoms with Gasteiger partial charge in [-0.1, -0.05) is 23.7 Å². The molecule has 27 heavy (non-hydrogen) atoms. The molecule has 0 aliphatic carbocycles. The van der Waals surface area contributed by atoms with Crippen molar-refractivity contribution < 1.29 is 9.47 Å². The maximum Gasteiger partial charge on any atom is 0.225 e. The second kappa shape index (κ2) is 9.17. The van der Waals surface area contributed by atoms with E-state index in [1.54, 1.807) is 25.6 Å². The minimum absolute atomic E-state index is 0.237. The zero-order valence-electron chi connectivity index (χ0n) is 15.5. The molecular formula is C19H21Cl2N3O2S. The van der Waals surface area contributed by atoms with E-state index in [1.165, 1.54) is 0 Å². The summed E-state index contributed by atoms with van der Waals surface area (Å²) in [5, 5.41) is 1.94. The summed E-state index contributed by atoms with van der Waals surface area (Å²) in [4.78, 5) is 13.2. The molecular weight excluding hydrogens is 405 g/mol. The minimum Gasteiger partial charge on any atom is -0.383 e. The predicted molar refractivity (Wildman–Crippen MR) is 114 cm³/mol. The van der Waals surface area contributed by atoms with Gasteiger partial charge in [0.05, 0.1) is 18.6 Å². The topological polar surface area (TPSA) is 47.5 Å². The lowest BCUT2D eigenvalue weighted by atomic mass is 10.0. The maximum atomic E-state index is 6.24. The zero-order chi connectivity index (χ0) is 19.4. The highest BCUT2D eigenvalue weighted by Crippen LogP contribution is 2.42. The summed E-state index contributed by atoms with van der Waals surface area (Å²) >= 11 is 13.9. The quantitative estimate of drug-likeness (QED) is 0.471. The van der Waals surface area contributed by atoms with Crippen LogP contribution < -0.4 is 4.90 Å². The fourth-order valence-electron chi connectivity index (χ4n) is 2.99. The van der Waals surface area contributed by atoms with Crippen molar-refractivity contribution >= 4 is 50.6 Å². The number of hydrogen-bond donors (Lipinski definition) is 0. The monoisotopic (exact) mass is 425 g/mol. The van der Waals surface area contributed by atoms with Gasteiger partial charge in [0.1, 0.15) is 10.6 Å². The first kappa shape index (κ1) is 20.3.